The van der Waals surface area contributed by atoms with Crippen molar-refractivity contribution in [1.82, 2.24) is 4.98 Å². The maximum atomic E-state index is 12.2. The fourth-order valence-corrected chi connectivity index (χ4v) is 2.85. The van der Waals surface area contributed by atoms with Crippen molar-refractivity contribution in [2.75, 3.05) is 30.4 Å². The van der Waals surface area contributed by atoms with E-state index in [0.29, 0.717) is 18.8 Å². The summed E-state index contributed by atoms with van der Waals surface area (Å²) in [6.07, 6.45) is 1.30. The number of benzene rings is 1. The lowest BCUT2D eigenvalue weighted by Crippen LogP contribution is -2.34. The first kappa shape index (κ1) is 19.0. The Morgan fingerprint density at radius 2 is 2.07 bits per heavy atom. The molecule has 1 amide bonds. The molecule has 0 radical (unpaired) electrons. The number of rotatable bonds is 5. The largest absolute Gasteiger partial charge is 0.493 e. The fourth-order valence-electron chi connectivity index (χ4n) is 2.85. The Labute approximate surface area is 160 Å². The number of hydrogen-bond acceptors (Lipinski definition) is 5. The molecule has 1 aliphatic rings. The van der Waals surface area contributed by atoms with Crippen LogP contribution in [0.5, 0.6) is 5.75 Å². The quantitative estimate of drug-likeness (QED) is 0.862. The second-order valence-corrected chi connectivity index (χ2v) is 7.62. The van der Waals surface area contributed by atoms with Crippen LogP contribution < -0.4 is 15.0 Å². The second-order valence-electron chi connectivity index (χ2n) is 7.62. The standard InChI is InChI=1S/C21H27N3O3/c1-21(2,3)27-20(25)24(4)19-7-5-6-16(23-19)11-13-26-17-9-8-15-10-12-22-18(15)14-17/h5-9,14,22H,10-13H2,1-4H3. The van der Waals surface area contributed by atoms with Crippen LogP contribution in [-0.4, -0.2) is 36.9 Å². The number of aromatic nitrogens is 1. The van der Waals surface area contributed by atoms with Crippen molar-refractivity contribution < 1.29 is 14.3 Å². The number of fused-ring (bicyclic) bond motifs is 1. The molecule has 0 unspecified atom stereocenters. The lowest BCUT2D eigenvalue weighted by atomic mass is 10.1. The predicted molar refractivity (Wildman–Crippen MR) is 107 cm³/mol. The van der Waals surface area contributed by atoms with Gasteiger partial charge in [0.05, 0.1) is 6.61 Å². The van der Waals surface area contributed by atoms with Crippen molar-refractivity contribution in [2.24, 2.45) is 0 Å². The van der Waals surface area contributed by atoms with Gasteiger partial charge in [-0.1, -0.05) is 12.1 Å². The highest BCUT2D eigenvalue weighted by atomic mass is 16.6. The van der Waals surface area contributed by atoms with Crippen LogP contribution in [-0.2, 0) is 17.6 Å². The first-order valence-corrected chi connectivity index (χ1v) is 9.24. The fraction of sp³-hybridized carbons (Fsp3) is 0.429. The molecule has 6 nitrogen and oxygen atoms in total. The first-order valence-electron chi connectivity index (χ1n) is 9.24. The van der Waals surface area contributed by atoms with Crippen molar-refractivity contribution >= 4 is 17.6 Å². The van der Waals surface area contributed by atoms with Gasteiger partial charge >= 0.3 is 6.09 Å². The third-order valence-electron chi connectivity index (χ3n) is 4.22. The van der Waals surface area contributed by atoms with Crippen molar-refractivity contribution in [1.29, 1.82) is 0 Å². The van der Waals surface area contributed by atoms with E-state index < -0.39 is 11.7 Å². The van der Waals surface area contributed by atoms with Gasteiger partial charge < -0.3 is 14.8 Å². The van der Waals surface area contributed by atoms with E-state index in [2.05, 4.69) is 16.4 Å². The number of ether oxygens (including phenoxy) is 2. The number of nitrogens with zero attached hydrogens (tertiary/aromatic N) is 2. The van der Waals surface area contributed by atoms with Crippen LogP contribution >= 0.6 is 0 Å². The van der Waals surface area contributed by atoms with Crippen LogP contribution in [0.1, 0.15) is 32.0 Å². The number of amides is 1. The smallest absolute Gasteiger partial charge is 0.415 e. The zero-order valence-electron chi connectivity index (χ0n) is 16.4. The molecule has 144 valence electrons. The summed E-state index contributed by atoms with van der Waals surface area (Å²) >= 11 is 0. The van der Waals surface area contributed by atoms with Gasteiger partial charge in [-0.25, -0.2) is 9.78 Å². The number of hydrogen-bond donors (Lipinski definition) is 1. The zero-order chi connectivity index (χ0) is 19.4. The van der Waals surface area contributed by atoms with Gasteiger partial charge in [-0.15, -0.1) is 0 Å². The molecule has 6 heteroatoms. The van der Waals surface area contributed by atoms with Crippen LogP contribution in [0.3, 0.4) is 0 Å². The van der Waals surface area contributed by atoms with E-state index in [-0.39, 0.29) is 0 Å². The molecule has 0 bridgehead atoms. The van der Waals surface area contributed by atoms with Crippen LogP contribution in [0, 0.1) is 0 Å². The van der Waals surface area contributed by atoms with Crippen molar-refractivity contribution in [3.63, 3.8) is 0 Å². The lowest BCUT2D eigenvalue weighted by molar-refractivity contribution is 0.0588. The Morgan fingerprint density at radius 1 is 1.26 bits per heavy atom. The van der Waals surface area contributed by atoms with Gasteiger partial charge in [-0.05, 0) is 51.0 Å². The number of pyridine rings is 1. The van der Waals surface area contributed by atoms with Gasteiger partial charge in [-0.3, -0.25) is 4.90 Å². The van der Waals surface area contributed by atoms with Gasteiger partial charge in [0.2, 0.25) is 0 Å². The van der Waals surface area contributed by atoms with Gasteiger partial charge in [0.15, 0.2) is 0 Å². The molecule has 1 N–H and O–H groups in total. The van der Waals surface area contributed by atoms with E-state index >= 15 is 0 Å². The van der Waals surface area contributed by atoms with Crippen molar-refractivity contribution in [2.45, 2.75) is 39.2 Å². The monoisotopic (exact) mass is 369 g/mol. The maximum absolute atomic E-state index is 12.2. The summed E-state index contributed by atoms with van der Waals surface area (Å²) in [6, 6.07) is 11.8. The highest BCUT2D eigenvalue weighted by Crippen LogP contribution is 2.27. The molecule has 0 saturated heterocycles. The summed E-state index contributed by atoms with van der Waals surface area (Å²) in [5, 5.41) is 3.35. The number of anilines is 2. The number of nitrogens with one attached hydrogen (secondary N) is 1. The predicted octanol–water partition coefficient (Wildman–Crippen LogP) is 4.04. The van der Waals surface area contributed by atoms with E-state index in [1.54, 1.807) is 13.1 Å². The molecule has 0 aliphatic carbocycles. The van der Waals surface area contributed by atoms with Crippen LogP contribution in [0.4, 0.5) is 16.3 Å². The summed E-state index contributed by atoms with van der Waals surface area (Å²) < 4.78 is 11.2. The lowest BCUT2D eigenvalue weighted by Gasteiger charge is -2.24. The normalized spacial score (nSPS) is 12.9. The van der Waals surface area contributed by atoms with Gasteiger partial charge in [-0.2, -0.15) is 0 Å². The molecule has 0 fully saturated rings. The van der Waals surface area contributed by atoms with E-state index in [0.717, 1.165) is 30.1 Å². The molecule has 27 heavy (non-hydrogen) atoms. The van der Waals surface area contributed by atoms with Crippen molar-refractivity contribution in [3.05, 3.63) is 47.7 Å². The highest BCUT2D eigenvalue weighted by molar-refractivity contribution is 5.85. The summed E-state index contributed by atoms with van der Waals surface area (Å²) in [4.78, 5) is 18.2. The van der Waals surface area contributed by atoms with Crippen molar-refractivity contribution in [3.8, 4) is 5.75 Å². The van der Waals surface area contributed by atoms with Gasteiger partial charge in [0.25, 0.3) is 0 Å². The van der Waals surface area contributed by atoms with Crippen LogP contribution in [0.25, 0.3) is 0 Å². The summed E-state index contributed by atoms with van der Waals surface area (Å²) in [7, 11) is 1.66. The average molecular weight is 369 g/mol. The SMILES string of the molecule is CN(C(=O)OC(C)(C)C)c1cccc(CCOc2ccc3c(c2)NCC3)n1. The molecule has 1 aliphatic heterocycles. The zero-order valence-corrected chi connectivity index (χ0v) is 16.4. The Kier molecular flexibility index (Phi) is 5.54. The molecule has 0 atom stereocenters. The molecule has 2 heterocycles. The molecule has 3 rings (SSSR count). The average Bonchev–Trinajstić information content (AvgIpc) is 3.07. The van der Waals surface area contributed by atoms with Crippen LogP contribution in [0.2, 0.25) is 0 Å². The van der Waals surface area contributed by atoms with E-state index in [1.807, 2.05) is 45.0 Å². The Bertz CT molecular complexity index is 815. The minimum absolute atomic E-state index is 0.422. The highest BCUT2D eigenvalue weighted by Gasteiger charge is 2.21. The molecule has 2 aromatic rings. The number of carbonyl (C=O) groups excluding carboxylic acids is 1. The maximum Gasteiger partial charge on any atom is 0.415 e. The first-order chi connectivity index (χ1) is 12.8. The van der Waals surface area contributed by atoms with E-state index in [9.17, 15) is 4.79 Å². The summed E-state index contributed by atoms with van der Waals surface area (Å²) in [6.45, 7) is 7.03. The van der Waals surface area contributed by atoms with E-state index in [4.69, 9.17) is 9.47 Å². The molecule has 1 aromatic heterocycles. The Hall–Kier alpha value is -2.76. The molecule has 1 aromatic carbocycles. The van der Waals surface area contributed by atoms with Crippen LogP contribution in [0.15, 0.2) is 36.4 Å². The van der Waals surface area contributed by atoms with E-state index in [1.165, 1.54) is 10.5 Å². The van der Waals surface area contributed by atoms with Gasteiger partial charge in [0.1, 0.15) is 17.2 Å². The second kappa shape index (κ2) is 7.86. The molecule has 0 spiro atoms. The molecular formula is C21H27N3O3. The molecular weight excluding hydrogens is 342 g/mol. The summed E-state index contributed by atoms with van der Waals surface area (Å²) in [5.74, 6) is 1.41. The third-order valence-corrected chi connectivity index (χ3v) is 4.22. The molecule has 0 saturated carbocycles. The number of carbonyl (C=O) groups is 1. The summed E-state index contributed by atoms with van der Waals surface area (Å²) in [5.41, 5.74) is 2.82. The Morgan fingerprint density at radius 3 is 2.85 bits per heavy atom. The van der Waals surface area contributed by atoms with Gasteiger partial charge in [0, 0.05) is 37.5 Å². The third kappa shape index (κ3) is 5.12. The topological polar surface area (TPSA) is 63.7 Å². The minimum Gasteiger partial charge on any atom is -0.493 e. The minimum atomic E-state index is -0.540. The Balaban J connectivity index is 1.57.